The van der Waals surface area contributed by atoms with Gasteiger partial charge in [0.25, 0.3) is 0 Å². The van der Waals surface area contributed by atoms with Crippen LogP contribution in [0, 0.1) is 22.7 Å². The summed E-state index contributed by atoms with van der Waals surface area (Å²) in [4.78, 5) is 38.5. The number of esters is 3. The number of furan rings is 1. The molecular weight excluding hydrogens is 452 g/mol. The first kappa shape index (κ1) is 24.1. The molecule has 1 saturated carbocycles. The van der Waals surface area contributed by atoms with Crippen molar-refractivity contribution in [2.24, 2.45) is 22.7 Å². The Morgan fingerprint density at radius 2 is 1.94 bits per heavy atom. The molecule has 8 heteroatoms. The Kier molecular flexibility index (Phi) is 5.30. The van der Waals surface area contributed by atoms with Gasteiger partial charge in [0.15, 0.2) is 0 Å². The Labute approximate surface area is 205 Å². The molecule has 4 aliphatic rings. The number of cyclic esters (lactones) is 2. The fraction of sp³-hybridized carbons (Fsp3) is 0.667. The minimum Gasteiger partial charge on any atom is -0.472 e. The highest BCUT2D eigenvalue weighted by molar-refractivity contribution is 5.75. The Hall–Kier alpha value is -2.61. The van der Waals surface area contributed by atoms with Crippen molar-refractivity contribution in [3.8, 4) is 0 Å². The van der Waals surface area contributed by atoms with E-state index in [0.29, 0.717) is 6.42 Å². The lowest BCUT2D eigenvalue weighted by atomic mass is 9.45. The van der Waals surface area contributed by atoms with E-state index in [0.717, 1.165) is 17.6 Å². The van der Waals surface area contributed by atoms with E-state index in [1.165, 1.54) is 7.11 Å². The van der Waals surface area contributed by atoms with Crippen LogP contribution in [0.2, 0.25) is 0 Å². The second-order valence-corrected chi connectivity index (χ2v) is 11.6. The van der Waals surface area contributed by atoms with Gasteiger partial charge in [-0.2, -0.15) is 0 Å². The highest BCUT2D eigenvalue weighted by atomic mass is 16.6. The van der Waals surface area contributed by atoms with Crippen molar-refractivity contribution in [3.05, 3.63) is 36.3 Å². The van der Waals surface area contributed by atoms with Gasteiger partial charge in [-0.05, 0) is 44.2 Å². The topological polar surface area (TPSA) is 101 Å². The molecular formula is C27H34O8. The molecule has 8 nitrogen and oxygen atoms in total. The average molecular weight is 487 g/mol. The van der Waals surface area contributed by atoms with Gasteiger partial charge in [0.2, 0.25) is 0 Å². The summed E-state index contributed by atoms with van der Waals surface area (Å²) in [5, 5.41) is 0. The van der Waals surface area contributed by atoms with Gasteiger partial charge in [-0.1, -0.05) is 20.4 Å². The maximum absolute atomic E-state index is 13.0. The van der Waals surface area contributed by atoms with E-state index in [1.54, 1.807) is 12.5 Å². The Morgan fingerprint density at radius 3 is 2.60 bits per heavy atom. The highest BCUT2D eigenvalue weighted by Gasteiger charge is 2.72. The summed E-state index contributed by atoms with van der Waals surface area (Å²) in [5.74, 6) is -1.58. The van der Waals surface area contributed by atoms with Gasteiger partial charge in [0.05, 0.1) is 45.0 Å². The van der Waals surface area contributed by atoms with Crippen molar-refractivity contribution < 1.29 is 37.7 Å². The standard InChI is InChI=1S/C27H34O8/c1-15-17-7-9-25(4)23(16-8-10-32-14-16)33-22(30)13-27(15,25)34-19-12-21(29)35-24(2,3)18(26(17,19)5)11-20(28)31-6/h8,10,14,17-19,23H,1,7,9,11-13H2,2-6H3/t17-,18-,19+,23-,25+,26+,27-/m1/s1. The van der Waals surface area contributed by atoms with Crippen LogP contribution >= 0.6 is 0 Å². The lowest BCUT2D eigenvalue weighted by Crippen LogP contribution is -2.70. The lowest BCUT2D eigenvalue weighted by Gasteiger charge is -2.68. The zero-order valence-corrected chi connectivity index (χ0v) is 21.1. The molecule has 190 valence electrons. The molecule has 1 aromatic heterocycles. The molecule has 4 fully saturated rings. The van der Waals surface area contributed by atoms with Crippen LogP contribution in [0.3, 0.4) is 0 Å². The van der Waals surface area contributed by atoms with E-state index in [2.05, 4.69) is 20.4 Å². The van der Waals surface area contributed by atoms with E-state index in [-0.39, 0.29) is 49.0 Å². The van der Waals surface area contributed by atoms with Gasteiger partial charge < -0.3 is 23.4 Å². The molecule has 35 heavy (non-hydrogen) atoms. The molecule has 1 aromatic rings. The highest BCUT2D eigenvalue weighted by Crippen LogP contribution is 2.70. The number of methoxy groups -OCH3 is 1. The van der Waals surface area contributed by atoms with Gasteiger partial charge in [0, 0.05) is 22.3 Å². The average Bonchev–Trinajstić information content (AvgIpc) is 3.29. The Balaban J connectivity index is 1.65. The van der Waals surface area contributed by atoms with Crippen molar-refractivity contribution in [2.75, 3.05) is 7.11 Å². The van der Waals surface area contributed by atoms with Crippen LogP contribution in [-0.2, 0) is 33.3 Å². The fourth-order valence-corrected chi connectivity index (χ4v) is 7.78. The summed E-state index contributed by atoms with van der Waals surface area (Å²) in [7, 11) is 1.36. The predicted molar refractivity (Wildman–Crippen MR) is 123 cm³/mol. The fourth-order valence-electron chi connectivity index (χ4n) is 7.78. The zero-order valence-electron chi connectivity index (χ0n) is 21.1. The summed E-state index contributed by atoms with van der Waals surface area (Å²) >= 11 is 0. The first-order valence-corrected chi connectivity index (χ1v) is 12.3. The van der Waals surface area contributed by atoms with Crippen molar-refractivity contribution in [2.45, 2.75) is 83.2 Å². The second kappa shape index (κ2) is 7.69. The van der Waals surface area contributed by atoms with Crippen molar-refractivity contribution in [1.82, 2.24) is 0 Å². The van der Waals surface area contributed by atoms with Crippen molar-refractivity contribution in [1.29, 1.82) is 0 Å². The van der Waals surface area contributed by atoms with Gasteiger partial charge >= 0.3 is 17.9 Å². The summed E-state index contributed by atoms with van der Waals surface area (Å²) in [5.41, 5.74) is -1.58. The maximum atomic E-state index is 13.0. The van der Waals surface area contributed by atoms with Crippen LogP contribution in [0.1, 0.15) is 71.5 Å². The second-order valence-electron chi connectivity index (χ2n) is 11.6. The molecule has 2 bridgehead atoms. The van der Waals surface area contributed by atoms with Crippen LogP contribution < -0.4 is 0 Å². The Bertz CT molecular complexity index is 1070. The third-order valence-electron chi connectivity index (χ3n) is 9.59. The molecule has 0 unspecified atom stereocenters. The molecule has 3 saturated heterocycles. The first-order chi connectivity index (χ1) is 16.4. The number of carbonyl (C=O) groups is 3. The molecule has 3 aliphatic heterocycles. The van der Waals surface area contributed by atoms with Crippen molar-refractivity contribution >= 4 is 17.9 Å². The molecule has 0 aromatic carbocycles. The predicted octanol–water partition coefficient (Wildman–Crippen LogP) is 4.29. The van der Waals surface area contributed by atoms with Crippen molar-refractivity contribution in [3.63, 3.8) is 0 Å². The van der Waals surface area contributed by atoms with E-state index in [4.69, 9.17) is 23.4 Å². The largest absolute Gasteiger partial charge is 0.472 e. The third-order valence-corrected chi connectivity index (χ3v) is 9.59. The molecule has 4 heterocycles. The van der Waals surface area contributed by atoms with Crippen LogP contribution in [0.15, 0.2) is 35.2 Å². The van der Waals surface area contributed by atoms with Crippen LogP contribution in [0.25, 0.3) is 0 Å². The summed E-state index contributed by atoms with van der Waals surface area (Å²) in [6, 6.07) is 1.81. The summed E-state index contributed by atoms with van der Waals surface area (Å²) < 4.78 is 29.1. The van der Waals surface area contributed by atoms with E-state index in [1.807, 2.05) is 19.9 Å². The molecule has 0 amide bonds. The number of ether oxygens (including phenoxy) is 4. The van der Waals surface area contributed by atoms with Crippen LogP contribution in [-0.4, -0.2) is 42.3 Å². The minimum absolute atomic E-state index is 0.0277. The third kappa shape index (κ3) is 3.18. The van der Waals surface area contributed by atoms with Gasteiger partial charge in [-0.3, -0.25) is 14.4 Å². The van der Waals surface area contributed by atoms with Gasteiger partial charge in [-0.15, -0.1) is 0 Å². The van der Waals surface area contributed by atoms with E-state index < -0.39 is 34.2 Å². The Morgan fingerprint density at radius 1 is 1.20 bits per heavy atom. The molecule has 7 atom stereocenters. The number of hydrogen-bond acceptors (Lipinski definition) is 8. The zero-order chi connectivity index (χ0) is 25.4. The smallest absolute Gasteiger partial charge is 0.309 e. The van der Waals surface area contributed by atoms with Gasteiger partial charge in [0.1, 0.15) is 17.3 Å². The van der Waals surface area contributed by atoms with E-state index in [9.17, 15) is 14.4 Å². The SMILES string of the molecule is C=C1[C@H]2CC[C@@]3(C)[C@@H](c4ccoc4)OC(=O)C[C@@]13O[C@H]1CC(=O)OC(C)(C)[C@@H](CC(=O)OC)[C@@]12C. The molecule has 0 N–H and O–H groups in total. The molecule has 0 radical (unpaired) electrons. The van der Waals surface area contributed by atoms with Crippen LogP contribution in [0.5, 0.6) is 0 Å². The molecule has 1 spiro atoms. The summed E-state index contributed by atoms with van der Waals surface area (Å²) in [6.07, 6.45) is 3.63. The van der Waals surface area contributed by atoms with E-state index >= 15 is 0 Å². The quantitative estimate of drug-likeness (QED) is 0.354. The first-order valence-electron chi connectivity index (χ1n) is 12.3. The number of hydrogen-bond donors (Lipinski definition) is 0. The minimum atomic E-state index is -1.01. The lowest BCUT2D eigenvalue weighted by molar-refractivity contribution is -0.290. The monoisotopic (exact) mass is 486 g/mol. The number of carbonyl (C=O) groups excluding carboxylic acids is 3. The molecule has 1 aliphatic carbocycles. The van der Waals surface area contributed by atoms with Crippen LogP contribution in [0.4, 0.5) is 0 Å². The number of fused-ring (bicyclic) bond motifs is 3. The summed E-state index contributed by atoms with van der Waals surface area (Å²) in [6.45, 7) is 12.4. The molecule has 5 rings (SSSR count). The van der Waals surface area contributed by atoms with Gasteiger partial charge in [-0.25, -0.2) is 0 Å². The maximum Gasteiger partial charge on any atom is 0.309 e. The number of rotatable bonds is 3. The normalized spacial score (nSPS) is 42.1.